The fourth-order valence-corrected chi connectivity index (χ4v) is 3.72. The second-order valence-electron chi connectivity index (χ2n) is 6.69. The van der Waals surface area contributed by atoms with Gasteiger partial charge in [-0.15, -0.1) is 0 Å². The van der Waals surface area contributed by atoms with E-state index in [0.29, 0.717) is 16.7 Å². The van der Waals surface area contributed by atoms with E-state index in [1.165, 1.54) is 0 Å². The van der Waals surface area contributed by atoms with Gasteiger partial charge in [0.2, 0.25) is 0 Å². The molecule has 0 fully saturated rings. The fourth-order valence-electron chi connectivity index (χ4n) is 3.16. The average Bonchev–Trinajstić information content (AvgIpc) is 2.73. The van der Waals surface area contributed by atoms with Crippen LogP contribution in [0.15, 0.2) is 76.0 Å². The number of hydrogen-bond donors (Lipinski definition) is 0. The van der Waals surface area contributed by atoms with Crippen molar-refractivity contribution >= 4 is 39.0 Å². The van der Waals surface area contributed by atoms with Crippen LogP contribution in [0.2, 0.25) is 0 Å². The minimum absolute atomic E-state index is 0.0879. The van der Waals surface area contributed by atoms with Gasteiger partial charge >= 0.3 is 0 Å². The molecule has 0 aliphatic heterocycles. The third-order valence-electron chi connectivity index (χ3n) is 4.69. The Morgan fingerprint density at radius 2 is 1.76 bits per heavy atom. The van der Waals surface area contributed by atoms with Crippen molar-refractivity contribution in [3.63, 3.8) is 0 Å². The maximum Gasteiger partial charge on any atom is 0.266 e. The van der Waals surface area contributed by atoms with Crippen molar-refractivity contribution in [2.45, 2.75) is 6.92 Å². The molecule has 0 saturated carbocycles. The summed E-state index contributed by atoms with van der Waals surface area (Å²) >= 11 is 3.51. The summed E-state index contributed by atoms with van der Waals surface area (Å²) < 4.78 is 7.80. The second kappa shape index (κ2) is 8.05. The van der Waals surface area contributed by atoms with Crippen LogP contribution in [0.25, 0.3) is 28.7 Å². The standard InChI is InChI=1S/C24H19BrN2O2/c1-16-7-11-18(12-8-16)27-23(26-21-6-4-3-5-19(21)24(27)28)14-10-17-9-13-22(29-2)20(25)15-17/h3-15H,1-2H3/b14-10-. The summed E-state index contributed by atoms with van der Waals surface area (Å²) in [6, 6.07) is 21.1. The van der Waals surface area contributed by atoms with Gasteiger partial charge in [0.05, 0.1) is 28.2 Å². The molecule has 0 amide bonds. The molecule has 0 unspecified atom stereocenters. The highest BCUT2D eigenvalue weighted by molar-refractivity contribution is 9.10. The number of fused-ring (bicyclic) bond motifs is 1. The van der Waals surface area contributed by atoms with Gasteiger partial charge in [-0.05, 0) is 70.9 Å². The average molecular weight is 447 g/mol. The van der Waals surface area contributed by atoms with Crippen molar-refractivity contribution in [3.05, 3.63) is 98.5 Å². The Bertz CT molecular complexity index is 1270. The number of methoxy groups -OCH3 is 1. The Balaban J connectivity index is 1.88. The van der Waals surface area contributed by atoms with Crippen molar-refractivity contribution in [3.8, 4) is 11.4 Å². The number of para-hydroxylation sites is 1. The zero-order chi connectivity index (χ0) is 20.4. The van der Waals surface area contributed by atoms with Crippen LogP contribution in [0.4, 0.5) is 0 Å². The lowest BCUT2D eigenvalue weighted by Gasteiger charge is -2.12. The zero-order valence-electron chi connectivity index (χ0n) is 16.1. The molecule has 5 heteroatoms. The minimum Gasteiger partial charge on any atom is -0.496 e. The lowest BCUT2D eigenvalue weighted by molar-refractivity contribution is 0.412. The van der Waals surface area contributed by atoms with Crippen LogP contribution in [0.5, 0.6) is 5.75 Å². The minimum atomic E-state index is -0.0879. The monoisotopic (exact) mass is 446 g/mol. The Hall–Kier alpha value is -3.18. The molecule has 29 heavy (non-hydrogen) atoms. The third kappa shape index (κ3) is 3.87. The van der Waals surface area contributed by atoms with Crippen molar-refractivity contribution < 1.29 is 4.74 Å². The number of aryl methyl sites for hydroxylation is 1. The molecule has 0 spiro atoms. The van der Waals surface area contributed by atoms with Gasteiger partial charge in [-0.2, -0.15) is 0 Å². The van der Waals surface area contributed by atoms with E-state index in [1.807, 2.05) is 85.8 Å². The fraction of sp³-hybridized carbons (Fsp3) is 0.0833. The Labute approximate surface area is 177 Å². The van der Waals surface area contributed by atoms with Gasteiger partial charge in [0.1, 0.15) is 11.6 Å². The highest BCUT2D eigenvalue weighted by Gasteiger charge is 2.11. The van der Waals surface area contributed by atoms with E-state index in [0.717, 1.165) is 27.0 Å². The van der Waals surface area contributed by atoms with E-state index in [1.54, 1.807) is 11.7 Å². The van der Waals surface area contributed by atoms with E-state index in [2.05, 4.69) is 15.9 Å². The maximum atomic E-state index is 13.2. The molecular formula is C24H19BrN2O2. The normalized spacial score (nSPS) is 11.3. The summed E-state index contributed by atoms with van der Waals surface area (Å²) in [5, 5.41) is 0.595. The van der Waals surface area contributed by atoms with Crippen molar-refractivity contribution in [1.82, 2.24) is 9.55 Å². The Morgan fingerprint density at radius 1 is 1.00 bits per heavy atom. The van der Waals surface area contributed by atoms with Crippen LogP contribution in [0.3, 0.4) is 0 Å². The molecule has 0 aliphatic rings. The first-order valence-electron chi connectivity index (χ1n) is 9.17. The van der Waals surface area contributed by atoms with E-state index in [4.69, 9.17) is 9.72 Å². The van der Waals surface area contributed by atoms with Crippen molar-refractivity contribution in [2.24, 2.45) is 0 Å². The van der Waals surface area contributed by atoms with Crippen LogP contribution < -0.4 is 10.3 Å². The first-order chi connectivity index (χ1) is 14.1. The van der Waals surface area contributed by atoms with Crippen LogP contribution in [-0.2, 0) is 0 Å². The van der Waals surface area contributed by atoms with Crippen LogP contribution in [0, 0.1) is 6.92 Å². The number of hydrogen-bond acceptors (Lipinski definition) is 3. The molecule has 1 aromatic heterocycles. The van der Waals surface area contributed by atoms with Gasteiger partial charge in [-0.25, -0.2) is 4.98 Å². The smallest absolute Gasteiger partial charge is 0.266 e. The van der Waals surface area contributed by atoms with Gasteiger partial charge in [0.15, 0.2) is 0 Å². The number of halogens is 1. The van der Waals surface area contributed by atoms with Gasteiger partial charge in [-0.1, -0.05) is 42.0 Å². The van der Waals surface area contributed by atoms with E-state index >= 15 is 0 Å². The second-order valence-corrected chi connectivity index (χ2v) is 7.54. The molecule has 144 valence electrons. The topological polar surface area (TPSA) is 44.1 Å². The Kier molecular flexibility index (Phi) is 5.32. The first-order valence-corrected chi connectivity index (χ1v) is 9.96. The summed E-state index contributed by atoms with van der Waals surface area (Å²) in [7, 11) is 1.63. The molecule has 0 radical (unpaired) electrons. The molecule has 1 heterocycles. The molecule has 4 aromatic rings. The highest BCUT2D eigenvalue weighted by atomic mass is 79.9. The predicted octanol–water partition coefficient (Wildman–Crippen LogP) is 5.64. The van der Waals surface area contributed by atoms with Crippen LogP contribution in [-0.4, -0.2) is 16.7 Å². The first kappa shape index (κ1) is 19.2. The number of rotatable bonds is 4. The van der Waals surface area contributed by atoms with Gasteiger partial charge < -0.3 is 4.74 Å². The quantitative estimate of drug-likeness (QED) is 0.407. The molecule has 4 rings (SSSR count). The zero-order valence-corrected chi connectivity index (χ0v) is 17.7. The SMILES string of the molecule is COc1ccc(/C=C\c2nc3ccccc3c(=O)n2-c2ccc(C)cc2)cc1Br. The summed E-state index contributed by atoms with van der Waals surface area (Å²) in [5.74, 6) is 1.34. The number of ether oxygens (including phenoxy) is 1. The number of nitrogens with zero attached hydrogens (tertiary/aromatic N) is 2. The van der Waals surface area contributed by atoms with E-state index in [9.17, 15) is 4.79 Å². The molecule has 4 nitrogen and oxygen atoms in total. The van der Waals surface area contributed by atoms with E-state index in [-0.39, 0.29) is 5.56 Å². The molecule has 0 aliphatic carbocycles. The predicted molar refractivity (Wildman–Crippen MR) is 122 cm³/mol. The summed E-state index contributed by atoms with van der Waals surface area (Å²) in [5.41, 5.74) is 3.48. The van der Waals surface area contributed by atoms with Crippen molar-refractivity contribution in [1.29, 1.82) is 0 Å². The molecule has 0 saturated heterocycles. The summed E-state index contributed by atoms with van der Waals surface area (Å²) in [6.45, 7) is 2.02. The molecular weight excluding hydrogens is 428 g/mol. The molecule has 0 atom stereocenters. The Morgan fingerprint density at radius 3 is 2.48 bits per heavy atom. The molecule has 3 aromatic carbocycles. The number of benzene rings is 3. The lowest BCUT2D eigenvalue weighted by atomic mass is 10.2. The van der Waals surface area contributed by atoms with Crippen LogP contribution in [0.1, 0.15) is 17.0 Å². The van der Waals surface area contributed by atoms with Gasteiger partial charge in [0, 0.05) is 0 Å². The number of aromatic nitrogens is 2. The highest BCUT2D eigenvalue weighted by Crippen LogP contribution is 2.26. The van der Waals surface area contributed by atoms with Crippen molar-refractivity contribution in [2.75, 3.05) is 7.11 Å². The van der Waals surface area contributed by atoms with Crippen LogP contribution >= 0.6 is 15.9 Å². The van der Waals surface area contributed by atoms with E-state index < -0.39 is 0 Å². The van der Waals surface area contributed by atoms with Gasteiger partial charge in [0.25, 0.3) is 5.56 Å². The molecule has 0 N–H and O–H groups in total. The lowest BCUT2D eigenvalue weighted by Crippen LogP contribution is -2.22. The largest absolute Gasteiger partial charge is 0.496 e. The summed E-state index contributed by atoms with van der Waals surface area (Å²) in [6.07, 6.45) is 3.80. The summed E-state index contributed by atoms with van der Waals surface area (Å²) in [4.78, 5) is 18.0. The van der Waals surface area contributed by atoms with Gasteiger partial charge in [-0.3, -0.25) is 9.36 Å². The maximum absolute atomic E-state index is 13.2. The third-order valence-corrected chi connectivity index (χ3v) is 5.31. The molecule has 0 bridgehead atoms.